The van der Waals surface area contributed by atoms with Crippen molar-refractivity contribution in [2.45, 2.75) is 20.5 Å². The number of thiazole rings is 1. The summed E-state index contributed by atoms with van der Waals surface area (Å²) in [6.07, 6.45) is 0. The Morgan fingerprint density at radius 1 is 1.29 bits per heavy atom. The monoisotopic (exact) mass is 350 g/mol. The lowest BCUT2D eigenvalue weighted by Gasteiger charge is -2.04. The Labute approximate surface area is 141 Å². The van der Waals surface area contributed by atoms with Gasteiger partial charge < -0.3 is 9.47 Å². The fourth-order valence-corrected chi connectivity index (χ4v) is 2.56. The zero-order valence-corrected chi connectivity index (χ0v) is 13.8. The summed E-state index contributed by atoms with van der Waals surface area (Å²) in [6, 6.07) is 3.98. The van der Waals surface area contributed by atoms with Crippen molar-refractivity contribution in [1.29, 1.82) is 0 Å². The third-order valence-corrected chi connectivity index (χ3v) is 3.85. The molecule has 0 amide bonds. The zero-order valence-electron chi connectivity index (χ0n) is 13.0. The van der Waals surface area contributed by atoms with E-state index in [4.69, 9.17) is 9.47 Å². The number of carbonyl (C=O) groups excluding carboxylic acids is 2. The van der Waals surface area contributed by atoms with Crippen molar-refractivity contribution in [2.24, 2.45) is 0 Å². The maximum atomic E-state index is 12.0. The lowest BCUT2D eigenvalue weighted by Crippen LogP contribution is -2.07. The van der Waals surface area contributed by atoms with Crippen LogP contribution in [0, 0.1) is 17.0 Å². The van der Waals surface area contributed by atoms with Crippen LogP contribution >= 0.6 is 11.3 Å². The molecule has 126 valence electrons. The van der Waals surface area contributed by atoms with Crippen LogP contribution in [0.5, 0.6) is 0 Å². The van der Waals surface area contributed by atoms with Gasteiger partial charge in [-0.15, -0.1) is 11.3 Å². The Hall–Kier alpha value is -2.81. The predicted octanol–water partition coefficient (Wildman–Crippen LogP) is 2.89. The number of nitrogens with zero attached hydrogens (tertiary/aromatic N) is 2. The molecule has 0 spiro atoms. The van der Waals surface area contributed by atoms with E-state index in [9.17, 15) is 19.7 Å². The number of aromatic nitrogens is 1. The Kier molecular flexibility index (Phi) is 5.59. The van der Waals surface area contributed by atoms with Gasteiger partial charge in [-0.2, -0.15) is 0 Å². The van der Waals surface area contributed by atoms with E-state index in [-0.39, 0.29) is 29.5 Å². The fraction of sp³-hybridized carbons (Fsp3) is 0.267. The molecule has 0 radical (unpaired) electrons. The number of esters is 2. The van der Waals surface area contributed by atoms with Gasteiger partial charge in [0, 0.05) is 17.0 Å². The number of nitro benzene ring substituents is 1. The number of aryl methyl sites for hydroxylation is 1. The minimum absolute atomic E-state index is 0.0647. The van der Waals surface area contributed by atoms with Gasteiger partial charge in [-0.1, -0.05) is 0 Å². The van der Waals surface area contributed by atoms with Crippen molar-refractivity contribution in [3.8, 4) is 0 Å². The molecule has 0 aliphatic rings. The third kappa shape index (κ3) is 4.13. The summed E-state index contributed by atoms with van der Waals surface area (Å²) in [6.45, 7) is 3.38. The number of hydrogen-bond acceptors (Lipinski definition) is 8. The summed E-state index contributed by atoms with van der Waals surface area (Å²) in [7, 11) is 0. The Bertz CT molecular complexity index is 786. The van der Waals surface area contributed by atoms with Crippen molar-refractivity contribution in [3.05, 3.63) is 55.5 Å². The van der Waals surface area contributed by atoms with E-state index in [1.165, 1.54) is 18.2 Å². The van der Waals surface area contributed by atoms with Crippen molar-refractivity contribution >= 4 is 29.0 Å². The Balaban J connectivity index is 1.99. The summed E-state index contributed by atoms with van der Waals surface area (Å²) in [5.41, 5.74) is 0.937. The summed E-state index contributed by atoms with van der Waals surface area (Å²) < 4.78 is 9.93. The first-order valence-corrected chi connectivity index (χ1v) is 7.84. The summed E-state index contributed by atoms with van der Waals surface area (Å²) >= 11 is 1.10. The maximum Gasteiger partial charge on any atom is 0.367 e. The molecule has 2 aromatic rings. The average molecular weight is 350 g/mol. The van der Waals surface area contributed by atoms with Gasteiger partial charge in [-0.05, 0) is 26.0 Å². The van der Waals surface area contributed by atoms with Crippen molar-refractivity contribution in [3.63, 3.8) is 0 Å². The SMILES string of the molecule is CCOC(=O)c1nc(COC(=O)c2ccc([N+](=O)[O-])c(C)c2)cs1. The second-order valence-corrected chi connectivity index (χ2v) is 5.56. The molecule has 2 rings (SSSR count). The molecule has 1 aromatic carbocycles. The third-order valence-electron chi connectivity index (χ3n) is 2.98. The maximum absolute atomic E-state index is 12.0. The number of nitro groups is 1. The number of hydrogen-bond donors (Lipinski definition) is 0. The lowest BCUT2D eigenvalue weighted by atomic mass is 10.1. The topological polar surface area (TPSA) is 109 Å². The van der Waals surface area contributed by atoms with Crippen LogP contribution in [0.3, 0.4) is 0 Å². The van der Waals surface area contributed by atoms with Gasteiger partial charge in [0.1, 0.15) is 6.61 Å². The average Bonchev–Trinajstić information content (AvgIpc) is 3.01. The normalized spacial score (nSPS) is 10.2. The lowest BCUT2D eigenvalue weighted by molar-refractivity contribution is -0.385. The van der Waals surface area contributed by atoms with Crippen molar-refractivity contribution in [1.82, 2.24) is 4.98 Å². The van der Waals surface area contributed by atoms with Gasteiger partial charge in [0.2, 0.25) is 5.01 Å². The number of carbonyl (C=O) groups is 2. The molecule has 0 unspecified atom stereocenters. The molecule has 0 N–H and O–H groups in total. The smallest absolute Gasteiger partial charge is 0.367 e. The van der Waals surface area contributed by atoms with Crippen LogP contribution in [0.25, 0.3) is 0 Å². The molecule has 1 aromatic heterocycles. The van der Waals surface area contributed by atoms with Crippen LogP contribution in [0.4, 0.5) is 5.69 Å². The van der Waals surface area contributed by atoms with Crippen molar-refractivity contribution in [2.75, 3.05) is 6.61 Å². The standard InChI is InChI=1S/C15H14N2O6S/c1-3-22-15(19)13-16-11(8-24-13)7-23-14(18)10-4-5-12(17(20)21)9(2)6-10/h4-6,8H,3,7H2,1-2H3. The first kappa shape index (κ1) is 17.5. The van der Waals surface area contributed by atoms with Gasteiger partial charge in [-0.25, -0.2) is 14.6 Å². The fourth-order valence-electron chi connectivity index (χ4n) is 1.87. The number of rotatable bonds is 6. The van der Waals surface area contributed by atoms with E-state index >= 15 is 0 Å². The first-order chi connectivity index (χ1) is 11.4. The molecule has 0 fully saturated rings. The highest BCUT2D eigenvalue weighted by atomic mass is 32.1. The highest BCUT2D eigenvalue weighted by molar-refractivity contribution is 7.11. The van der Waals surface area contributed by atoms with E-state index in [1.54, 1.807) is 19.2 Å². The minimum atomic E-state index is -0.626. The van der Waals surface area contributed by atoms with Gasteiger partial charge in [0.25, 0.3) is 5.69 Å². The molecule has 0 aliphatic carbocycles. The molecular weight excluding hydrogens is 336 g/mol. The van der Waals surface area contributed by atoms with Crippen LogP contribution in [0.1, 0.15) is 38.3 Å². The molecule has 0 aliphatic heterocycles. The quantitative estimate of drug-likeness (QED) is 0.447. The molecule has 1 heterocycles. The zero-order chi connectivity index (χ0) is 17.7. The number of ether oxygens (including phenoxy) is 2. The van der Waals surface area contributed by atoms with Crippen molar-refractivity contribution < 1.29 is 24.0 Å². The van der Waals surface area contributed by atoms with Crippen LogP contribution in [-0.2, 0) is 16.1 Å². The van der Waals surface area contributed by atoms with E-state index in [0.29, 0.717) is 11.3 Å². The Morgan fingerprint density at radius 3 is 2.67 bits per heavy atom. The highest BCUT2D eigenvalue weighted by Crippen LogP contribution is 2.20. The van der Waals surface area contributed by atoms with Gasteiger partial charge in [0.05, 0.1) is 22.8 Å². The second kappa shape index (κ2) is 7.64. The molecule has 0 bridgehead atoms. The summed E-state index contributed by atoms with van der Waals surface area (Å²) in [4.78, 5) is 37.8. The molecule has 0 atom stereocenters. The van der Waals surface area contributed by atoms with Crippen LogP contribution in [-0.4, -0.2) is 28.5 Å². The van der Waals surface area contributed by atoms with E-state index in [1.807, 2.05) is 0 Å². The van der Waals surface area contributed by atoms with E-state index in [2.05, 4.69) is 4.98 Å². The number of benzene rings is 1. The highest BCUT2D eigenvalue weighted by Gasteiger charge is 2.16. The second-order valence-electron chi connectivity index (χ2n) is 4.70. The summed E-state index contributed by atoms with van der Waals surface area (Å²) in [5, 5.41) is 12.5. The molecule has 9 heteroatoms. The van der Waals surface area contributed by atoms with E-state index < -0.39 is 16.9 Å². The molecule has 24 heavy (non-hydrogen) atoms. The molecule has 0 saturated carbocycles. The molecule has 0 saturated heterocycles. The summed E-state index contributed by atoms with van der Waals surface area (Å²) in [5.74, 6) is -1.15. The molecular formula is C15H14N2O6S. The van der Waals surface area contributed by atoms with Gasteiger partial charge in [0.15, 0.2) is 0 Å². The van der Waals surface area contributed by atoms with Crippen LogP contribution < -0.4 is 0 Å². The van der Waals surface area contributed by atoms with Crippen LogP contribution in [0.15, 0.2) is 23.6 Å². The van der Waals surface area contributed by atoms with Gasteiger partial charge in [-0.3, -0.25) is 10.1 Å². The van der Waals surface area contributed by atoms with Gasteiger partial charge >= 0.3 is 11.9 Å². The Morgan fingerprint density at radius 2 is 2.04 bits per heavy atom. The molecule has 8 nitrogen and oxygen atoms in total. The van der Waals surface area contributed by atoms with E-state index in [0.717, 1.165) is 11.3 Å². The largest absolute Gasteiger partial charge is 0.461 e. The predicted molar refractivity (Wildman–Crippen MR) is 85.0 cm³/mol. The minimum Gasteiger partial charge on any atom is -0.461 e. The first-order valence-electron chi connectivity index (χ1n) is 6.96. The van der Waals surface area contributed by atoms with Crippen LogP contribution in [0.2, 0.25) is 0 Å².